The molecule has 0 radical (unpaired) electrons. The second-order valence-corrected chi connectivity index (χ2v) is 7.72. The lowest BCUT2D eigenvalue weighted by atomic mass is 10.2. The van der Waals surface area contributed by atoms with E-state index in [2.05, 4.69) is 10.6 Å². The summed E-state index contributed by atoms with van der Waals surface area (Å²) in [5.74, 6) is 0.801. The number of methoxy groups -OCH3 is 1. The normalized spacial score (nSPS) is 17.7. The van der Waals surface area contributed by atoms with E-state index in [-0.39, 0.29) is 12.2 Å². The molecule has 9 nitrogen and oxygen atoms in total. The van der Waals surface area contributed by atoms with Crippen LogP contribution in [0, 0.1) is 0 Å². The lowest BCUT2D eigenvalue weighted by Gasteiger charge is -2.16. The summed E-state index contributed by atoms with van der Waals surface area (Å²) in [7, 11) is 1.63. The van der Waals surface area contributed by atoms with Crippen molar-refractivity contribution >= 4 is 40.9 Å². The Labute approximate surface area is 191 Å². The van der Waals surface area contributed by atoms with Gasteiger partial charge in [-0.15, -0.1) is 0 Å². The Bertz CT molecular complexity index is 983. The van der Waals surface area contributed by atoms with Gasteiger partial charge in [0.2, 0.25) is 0 Å². The van der Waals surface area contributed by atoms with Crippen molar-refractivity contribution in [3.05, 3.63) is 54.1 Å². The van der Waals surface area contributed by atoms with Crippen LogP contribution in [0.4, 0.5) is 21.0 Å². The van der Waals surface area contributed by atoms with Crippen molar-refractivity contribution in [2.24, 2.45) is 0 Å². The van der Waals surface area contributed by atoms with Gasteiger partial charge in [-0.1, -0.05) is 12.1 Å². The van der Waals surface area contributed by atoms with Crippen LogP contribution in [-0.2, 0) is 16.0 Å². The van der Waals surface area contributed by atoms with Crippen LogP contribution < -0.4 is 25.2 Å². The number of hydrogen-bond donors (Lipinski definition) is 2. The number of benzene rings is 2. The van der Waals surface area contributed by atoms with Crippen molar-refractivity contribution < 1.29 is 23.8 Å². The Hall–Kier alpha value is -3.53. The molecule has 2 aliphatic heterocycles. The molecule has 2 fully saturated rings. The molecule has 2 aliphatic rings. The molecular formula is C22H24N4O5S. The number of anilines is 2. The predicted molar refractivity (Wildman–Crippen MR) is 123 cm³/mol. The molecule has 0 aromatic heterocycles. The van der Waals surface area contributed by atoms with Gasteiger partial charge in [0.05, 0.1) is 26.7 Å². The van der Waals surface area contributed by atoms with Gasteiger partial charge in [-0.25, -0.2) is 9.59 Å². The van der Waals surface area contributed by atoms with Crippen molar-refractivity contribution in [3.8, 4) is 5.75 Å². The molecule has 2 saturated heterocycles. The largest absolute Gasteiger partial charge is 0.497 e. The molecule has 2 amide bonds. The molecular weight excluding hydrogens is 432 g/mol. The van der Waals surface area contributed by atoms with Crippen LogP contribution in [-0.4, -0.2) is 56.8 Å². The maximum absolute atomic E-state index is 12.3. The van der Waals surface area contributed by atoms with Gasteiger partial charge in [0.1, 0.15) is 18.5 Å². The molecule has 0 bridgehead atoms. The van der Waals surface area contributed by atoms with E-state index in [9.17, 15) is 9.59 Å². The number of nitrogens with one attached hydrogen (secondary N) is 2. The number of cyclic esters (lactones) is 2. The third-order valence-corrected chi connectivity index (χ3v) is 5.50. The molecule has 4 rings (SSSR count). The third kappa shape index (κ3) is 5.02. The molecule has 0 unspecified atom stereocenters. The molecule has 10 heteroatoms. The first kappa shape index (κ1) is 21.7. The Morgan fingerprint density at radius 3 is 2.34 bits per heavy atom. The molecule has 2 aromatic rings. The summed E-state index contributed by atoms with van der Waals surface area (Å²) in [6.45, 7) is 2.27. The second-order valence-electron chi connectivity index (χ2n) is 7.31. The van der Waals surface area contributed by atoms with Crippen molar-refractivity contribution in [1.82, 2.24) is 10.6 Å². The standard InChI is InChI=1S/C22H24N4O5S/c1-29-18-8-2-15(3-9-18)12-23-20(32)24-13-19-14-26(22(28)31-19)17-6-4-16(5-7-17)25-10-11-30-21(25)27/h2-9,19H,10-14H2,1H3,(H2,23,24,32)/t19-/m0/s1. The van der Waals surface area contributed by atoms with E-state index in [1.54, 1.807) is 41.2 Å². The van der Waals surface area contributed by atoms with E-state index in [1.807, 2.05) is 24.3 Å². The van der Waals surface area contributed by atoms with Gasteiger partial charge in [0.25, 0.3) is 0 Å². The van der Waals surface area contributed by atoms with Gasteiger partial charge in [0.15, 0.2) is 5.11 Å². The molecule has 2 aromatic carbocycles. The quantitative estimate of drug-likeness (QED) is 0.615. The van der Waals surface area contributed by atoms with E-state index in [1.165, 1.54) is 0 Å². The number of ether oxygens (including phenoxy) is 3. The summed E-state index contributed by atoms with van der Waals surface area (Å²) < 4.78 is 15.6. The molecule has 2 heterocycles. The first-order valence-electron chi connectivity index (χ1n) is 10.2. The van der Waals surface area contributed by atoms with Crippen molar-refractivity contribution in [2.75, 3.05) is 43.2 Å². The smallest absolute Gasteiger partial charge is 0.414 e. The van der Waals surface area contributed by atoms with E-state index < -0.39 is 6.09 Å². The van der Waals surface area contributed by atoms with Gasteiger partial charge in [-0.05, 0) is 54.2 Å². The van der Waals surface area contributed by atoms with E-state index >= 15 is 0 Å². The Kier molecular flexibility index (Phi) is 6.60. The predicted octanol–water partition coefficient (Wildman–Crippen LogP) is 2.64. The summed E-state index contributed by atoms with van der Waals surface area (Å²) in [4.78, 5) is 27.1. The van der Waals surface area contributed by atoms with Crippen LogP contribution in [0.15, 0.2) is 48.5 Å². The molecule has 168 valence electrons. The highest BCUT2D eigenvalue weighted by Gasteiger charge is 2.32. The number of amides is 2. The molecule has 1 atom stereocenters. The Morgan fingerprint density at radius 1 is 1.03 bits per heavy atom. The average Bonchev–Trinajstić information content (AvgIpc) is 3.41. The average molecular weight is 457 g/mol. The van der Waals surface area contributed by atoms with Crippen molar-refractivity contribution in [3.63, 3.8) is 0 Å². The lowest BCUT2D eigenvalue weighted by molar-refractivity contribution is 0.142. The van der Waals surface area contributed by atoms with E-state index in [0.29, 0.717) is 43.6 Å². The minimum absolute atomic E-state index is 0.337. The summed E-state index contributed by atoms with van der Waals surface area (Å²) in [6.07, 6.45) is -1.11. The summed E-state index contributed by atoms with van der Waals surface area (Å²) in [5.41, 5.74) is 2.50. The maximum atomic E-state index is 12.3. The van der Waals surface area contributed by atoms with Crippen LogP contribution in [0.25, 0.3) is 0 Å². The zero-order valence-corrected chi connectivity index (χ0v) is 18.4. The molecule has 0 saturated carbocycles. The fourth-order valence-electron chi connectivity index (χ4n) is 3.47. The number of thiocarbonyl (C=S) groups is 1. The minimum atomic E-state index is -0.415. The number of nitrogens with zero attached hydrogens (tertiary/aromatic N) is 2. The van der Waals surface area contributed by atoms with Crippen LogP contribution in [0.3, 0.4) is 0 Å². The minimum Gasteiger partial charge on any atom is -0.497 e. The maximum Gasteiger partial charge on any atom is 0.414 e. The SMILES string of the molecule is COc1ccc(CNC(=S)NC[C@H]2CN(c3ccc(N4CCOC4=O)cc3)C(=O)O2)cc1. The topological polar surface area (TPSA) is 92.4 Å². The zero-order chi connectivity index (χ0) is 22.5. The van der Waals surface area contributed by atoms with Gasteiger partial charge < -0.3 is 24.8 Å². The number of carbonyl (C=O) groups excluding carboxylic acids is 2. The molecule has 0 spiro atoms. The monoisotopic (exact) mass is 456 g/mol. The van der Waals surface area contributed by atoms with Crippen molar-refractivity contribution in [2.45, 2.75) is 12.6 Å². The van der Waals surface area contributed by atoms with Crippen LogP contribution in [0.1, 0.15) is 5.56 Å². The van der Waals surface area contributed by atoms with E-state index in [0.717, 1.165) is 17.0 Å². The Morgan fingerprint density at radius 2 is 1.72 bits per heavy atom. The highest BCUT2D eigenvalue weighted by Crippen LogP contribution is 2.26. The summed E-state index contributed by atoms with van der Waals surface area (Å²) in [6, 6.07) is 14.9. The Balaban J connectivity index is 1.24. The number of carbonyl (C=O) groups is 2. The zero-order valence-electron chi connectivity index (χ0n) is 17.6. The lowest BCUT2D eigenvalue weighted by Crippen LogP contribution is -2.40. The second kappa shape index (κ2) is 9.73. The van der Waals surface area contributed by atoms with Gasteiger partial charge in [-0.3, -0.25) is 9.80 Å². The van der Waals surface area contributed by atoms with Gasteiger partial charge >= 0.3 is 12.2 Å². The fourth-order valence-corrected chi connectivity index (χ4v) is 3.63. The number of rotatable bonds is 7. The molecule has 0 aliphatic carbocycles. The van der Waals surface area contributed by atoms with Crippen molar-refractivity contribution in [1.29, 1.82) is 0 Å². The third-order valence-electron chi connectivity index (χ3n) is 5.21. The summed E-state index contributed by atoms with van der Waals surface area (Å²) >= 11 is 5.32. The first-order valence-corrected chi connectivity index (χ1v) is 10.6. The highest BCUT2D eigenvalue weighted by molar-refractivity contribution is 7.80. The molecule has 32 heavy (non-hydrogen) atoms. The van der Waals surface area contributed by atoms with Gasteiger partial charge in [0, 0.05) is 17.9 Å². The highest BCUT2D eigenvalue weighted by atomic mass is 32.1. The first-order chi connectivity index (χ1) is 15.5. The van der Waals surface area contributed by atoms with Crippen LogP contribution >= 0.6 is 12.2 Å². The van der Waals surface area contributed by atoms with Gasteiger partial charge in [-0.2, -0.15) is 0 Å². The molecule has 2 N–H and O–H groups in total. The number of hydrogen-bond acceptors (Lipinski definition) is 6. The van der Waals surface area contributed by atoms with Crippen LogP contribution in [0.5, 0.6) is 5.75 Å². The van der Waals surface area contributed by atoms with Crippen LogP contribution in [0.2, 0.25) is 0 Å². The van der Waals surface area contributed by atoms with E-state index in [4.69, 9.17) is 26.4 Å². The fraction of sp³-hybridized carbons (Fsp3) is 0.318. The summed E-state index contributed by atoms with van der Waals surface area (Å²) in [5, 5.41) is 6.71.